The maximum atomic E-state index is 11.0. The first kappa shape index (κ1) is 18.2. The SMILES string of the molecule is I.NC(=NCc1ccccc1[N+](=O)[O-])Nc1ccc2c(c1)CCC2. The Balaban J connectivity index is 0.00000208. The molecule has 2 aromatic carbocycles. The lowest BCUT2D eigenvalue weighted by molar-refractivity contribution is -0.385. The summed E-state index contributed by atoms with van der Waals surface area (Å²) < 4.78 is 0. The molecule has 1 aliphatic rings. The van der Waals surface area contributed by atoms with Gasteiger partial charge in [0.05, 0.1) is 17.0 Å². The molecular weight excluding hydrogens is 419 g/mol. The molecule has 2 aromatic rings. The summed E-state index contributed by atoms with van der Waals surface area (Å²) in [6, 6.07) is 12.7. The van der Waals surface area contributed by atoms with Crippen molar-refractivity contribution < 1.29 is 4.92 Å². The summed E-state index contributed by atoms with van der Waals surface area (Å²) in [5.41, 5.74) is 10.1. The lowest BCUT2D eigenvalue weighted by atomic mass is 10.1. The Bertz CT molecular complexity index is 777. The van der Waals surface area contributed by atoms with Crippen molar-refractivity contribution in [2.24, 2.45) is 10.7 Å². The van der Waals surface area contributed by atoms with Crippen molar-refractivity contribution in [1.82, 2.24) is 0 Å². The van der Waals surface area contributed by atoms with Crippen LogP contribution in [-0.4, -0.2) is 10.9 Å². The lowest BCUT2D eigenvalue weighted by Crippen LogP contribution is -2.22. The number of nitrogens with zero attached hydrogens (tertiary/aromatic N) is 2. The third-order valence-electron chi connectivity index (χ3n) is 3.98. The molecule has 0 radical (unpaired) electrons. The first-order chi connectivity index (χ1) is 11.1. The molecule has 3 N–H and O–H groups in total. The smallest absolute Gasteiger partial charge is 0.274 e. The average molecular weight is 438 g/mol. The number of aryl methyl sites for hydroxylation is 2. The zero-order valence-corrected chi connectivity index (χ0v) is 15.4. The number of guanidine groups is 1. The summed E-state index contributed by atoms with van der Waals surface area (Å²) in [6.45, 7) is 0.168. The molecule has 0 unspecified atom stereocenters. The van der Waals surface area contributed by atoms with Crippen LogP contribution in [0.2, 0.25) is 0 Å². The molecule has 0 fully saturated rings. The van der Waals surface area contributed by atoms with Gasteiger partial charge in [-0.25, -0.2) is 4.99 Å². The Morgan fingerprint density at radius 2 is 1.96 bits per heavy atom. The monoisotopic (exact) mass is 438 g/mol. The van der Waals surface area contributed by atoms with Gasteiger partial charge >= 0.3 is 0 Å². The van der Waals surface area contributed by atoms with E-state index in [0.29, 0.717) is 5.56 Å². The molecule has 0 spiro atoms. The minimum absolute atomic E-state index is 0. The number of hydrogen-bond donors (Lipinski definition) is 2. The molecule has 0 saturated heterocycles. The molecule has 0 atom stereocenters. The molecule has 3 rings (SSSR count). The van der Waals surface area contributed by atoms with Crippen molar-refractivity contribution in [3.63, 3.8) is 0 Å². The second-order valence-electron chi connectivity index (χ2n) is 5.55. The van der Waals surface area contributed by atoms with Crippen molar-refractivity contribution in [1.29, 1.82) is 0 Å². The number of aliphatic imine (C=N–C) groups is 1. The van der Waals surface area contributed by atoms with Gasteiger partial charge in [0.2, 0.25) is 0 Å². The Hall–Kier alpha value is -2.16. The summed E-state index contributed by atoms with van der Waals surface area (Å²) in [4.78, 5) is 14.8. The van der Waals surface area contributed by atoms with E-state index in [1.54, 1.807) is 18.2 Å². The number of nitrogens with one attached hydrogen (secondary N) is 1. The van der Waals surface area contributed by atoms with E-state index in [1.165, 1.54) is 23.6 Å². The van der Waals surface area contributed by atoms with Crippen LogP contribution >= 0.6 is 24.0 Å². The number of anilines is 1. The second-order valence-corrected chi connectivity index (χ2v) is 5.55. The third-order valence-corrected chi connectivity index (χ3v) is 3.98. The summed E-state index contributed by atoms with van der Waals surface area (Å²) >= 11 is 0. The number of nitrogens with two attached hydrogens (primary N) is 1. The molecule has 0 aromatic heterocycles. The number of fused-ring (bicyclic) bond motifs is 1. The second kappa shape index (κ2) is 8.09. The van der Waals surface area contributed by atoms with Crippen LogP contribution in [0.4, 0.5) is 11.4 Å². The van der Waals surface area contributed by atoms with Gasteiger partial charge in [0.25, 0.3) is 5.69 Å². The zero-order chi connectivity index (χ0) is 16.2. The molecule has 0 aliphatic heterocycles. The van der Waals surface area contributed by atoms with Crippen LogP contribution in [0.15, 0.2) is 47.5 Å². The summed E-state index contributed by atoms with van der Waals surface area (Å²) in [5.74, 6) is 0.251. The Labute approximate surface area is 157 Å². The molecule has 7 heteroatoms. The van der Waals surface area contributed by atoms with E-state index in [9.17, 15) is 10.1 Å². The maximum Gasteiger partial charge on any atom is 0.274 e. The molecule has 0 saturated carbocycles. The Kier molecular flexibility index (Phi) is 6.13. The van der Waals surface area contributed by atoms with Crippen LogP contribution < -0.4 is 11.1 Å². The summed E-state index contributed by atoms with van der Waals surface area (Å²) in [5, 5.41) is 14.0. The van der Waals surface area contributed by atoms with E-state index in [1.807, 2.05) is 6.07 Å². The lowest BCUT2D eigenvalue weighted by Gasteiger charge is -2.08. The Morgan fingerprint density at radius 3 is 2.75 bits per heavy atom. The number of benzene rings is 2. The van der Waals surface area contributed by atoms with Crippen LogP contribution in [0, 0.1) is 10.1 Å². The number of nitro groups is 1. The summed E-state index contributed by atoms with van der Waals surface area (Å²) in [7, 11) is 0. The highest BCUT2D eigenvalue weighted by molar-refractivity contribution is 14.0. The minimum atomic E-state index is -0.408. The first-order valence-corrected chi connectivity index (χ1v) is 7.54. The maximum absolute atomic E-state index is 11.0. The van der Waals surface area contributed by atoms with Gasteiger partial charge in [-0.2, -0.15) is 0 Å². The van der Waals surface area contributed by atoms with Gasteiger partial charge < -0.3 is 11.1 Å². The van der Waals surface area contributed by atoms with Crippen LogP contribution in [0.1, 0.15) is 23.1 Å². The fraction of sp³-hybridized carbons (Fsp3) is 0.235. The van der Waals surface area contributed by atoms with E-state index in [-0.39, 0.29) is 42.2 Å². The normalized spacial score (nSPS) is 13.1. The standard InChI is InChI=1S/C17H18N4O2.HI/c18-17(19-11-14-4-1-2-7-16(14)21(22)23)20-15-9-8-12-5-3-6-13(12)10-15;/h1-2,4,7-10H,3,5-6,11H2,(H3,18,19,20);1H. The van der Waals surface area contributed by atoms with Crippen molar-refractivity contribution in [3.05, 3.63) is 69.3 Å². The van der Waals surface area contributed by atoms with Crippen molar-refractivity contribution >= 4 is 41.3 Å². The molecule has 0 amide bonds. The molecule has 0 heterocycles. The molecule has 126 valence electrons. The largest absolute Gasteiger partial charge is 0.370 e. The highest BCUT2D eigenvalue weighted by Gasteiger charge is 2.12. The van der Waals surface area contributed by atoms with E-state index in [4.69, 9.17) is 5.73 Å². The average Bonchev–Trinajstić information content (AvgIpc) is 3.00. The third kappa shape index (κ3) is 4.22. The van der Waals surface area contributed by atoms with Gasteiger partial charge in [0.15, 0.2) is 5.96 Å². The number of rotatable bonds is 4. The fourth-order valence-electron chi connectivity index (χ4n) is 2.83. The van der Waals surface area contributed by atoms with E-state index in [0.717, 1.165) is 18.5 Å². The van der Waals surface area contributed by atoms with Gasteiger partial charge in [0.1, 0.15) is 0 Å². The molecular formula is C17H19IN4O2. The Morgan fingerprint density at radius 1 is 1.21 bits per heavy atom. The van der Waals surface area contributed by atoms with E-state index >= 15 is 0 Å². The van der Waals surface area contributed by atoms with Crippen LogP contribution in [-0.2, 0) is 19.4 Å². The van der Waals surface area contributed by atoms with Crippen molar-refractivity contribution in [2.75, 3.05) is 5.32 Å². The van der Waals surface area contributed by atoms with Gasteiger partial charge in [-0.1, -0.05) is 24.3 Å². The first-order valence-electron chi connectivity index (χ1n) is 7.54. The number of nitro benzene ring substituents is 1. The molecule has 6 nitrogen and oxygen atoms in total. The minimum Gasteiger partial charge on any atom is -0.370 e. The predicted molar refractivity (Wildman–Crippen MR) is 106 cm³/mol. The topological polar surface area (TPSA) is 93.5 Å². The molecule has 1 aliphatic carbocycles. The predicted octanol–water partition coefficient (Wildman–Crippen LogP) is 3.63. The highest BCUT2D eigenvalue weighted by Crippen LogP contribution is 2.25. The van der Waals surface area contributed by atoms with Gasteiger partial charge in [-0.3, -0.25) is 10.1 Å². The van der Waals surface area contributed by atoms with E-state index < -0.39 is 4.92 Å². The summed E-state index contributed by atoms with van der Waals surface area (Å²) in [6.07, 6.45) is 3.43. The quantitative estimate of drug-likeness (QED) is 0.251. The number of para-hydroxylation sites is 1. The van der Waals surface area contributed by atoms with Gasteiger partial charge in [0, 0.05) is 11.8 Å². The van der Waals surface area contributed by atoms with Crippen LogP contribution in [0.3, 0.4) is 0 Å². The van der Waals surface area contributed by atoms with Gasteiger partial charge in [-0.15, -0.1) is 24.0 Å². The number of halogens is 1. The molecule has 24 heavy (non-hydrogen) atoms. The van der Waals surface area contributed by atoms with Crippen LogP contribution in [0.5, 0.6) is 0 Å². The van der Waals surface area contributed by atoms with E-state index in [2.05, 4.69) is 22.4 Å². The molecule has 0 bridgehead atoms. The number of hydrogen-bond acceptors (Lipinski definition) is 3. The highest BCUT2D eigenvalue weighted by atomic mass is 127. The van der Waals surface area contributed by atoms with Gasteiger partial charge in [-0.05, 0) is 42.5 Å². The zero-order valence-electron chi connectivity index (χ0n) is 13.1. The fourth-order valence-corrected chi connectivity index (χ4v) is 2.83. The van der Waals surface area contributed by atoms with Crippen molar-refractivity contribution in [3.8, 4) is 0 Å². The van der Waals surface area contributed by atoms with Crippen LogP contribution in [0.25, 0.3) is 0 Å². The van der Waals surface area contributed by atoms with Crippen molar-refractivity contribution in [2.45, 2.75) is 25.8 Å².